The maximum atomic E-state index is 13.5. The van der Waals surface area contributed by atoms with Crippen molar-refractivity contribution in [1.82, 2.24) is 5.32 Å². The van der Waals surface area contributed by atoms with Gasteiger partial charge in [0, 0.05) is 24.2 Å². The number of anilines is 1. The number of nitrogens with one attached hydrogen (secondary N) is 2. The van der Waals surface area contributed by atoms with Crippen LogP contribution in [0, 0.1) is 6.92 Å². The quantitative estimate of drug-likeness (QED) is 0.213. The van der Waals surface area contributed by atoms with E-state index in [9.17, 15) is 9.90 Å². The number of para-hydroxylation sites is 1. The normalized spacial score (nSPS) is 14.9. The number of phenolic OH excluding ortho intramolecular Hbond substituents is 1. The van der Waals surface area contributed by atoms with Crippen molar-refractivity contribution in [2.24, 2.45) is 4.99 Å². The number of benzene rings is 4. The van der Waals surface area contributed by atoms with E-state index in [1.807, 2.05) is 49.4 Å². The number of hydrogen-bond acceptors (Lipinski definition) is 5. The smallest absolute Gasteiger partial charge is 0.245 e. The van der Waals surface area contributed by atoms with Gasteiger partial charge in [-0.2, -0.15) is 0 Å². The molecular formula is C34H35N3O3. The SMILES string of the molecule is C=NC(Cc1ccc(O)cc1C)C(=O)NC1CCNc2c(COc3ccccc3)cc(Cc3ccccc3)cc21. The highest BCUT2D eigenvalue weighted by atomic mass is 16.5. The van der Waals surface area contributed by atoms with Crippen molar-refractivity contribution < 1.29 is 14.6 Å². The van der Waals surface area contributed by atoms with Gasteiger partial charge in [-0.15, -0.1) is 0 Å². The van der Waals surface area contributed by atoms with E-state index in [1.54, 1.807) is 12.1 Å². The van der Waals surface area contributed by atoms with Crippen LogP contribution in [0.4, 0.5) is 5.69 Å². The predicted octanol–water partition coefficient (Wildman–Crippen LogP) is 6.16. The molecule has 40 heavy (non-hydrogen) atoms. The number of ether oxygens (including phenoxy) is 1. The van der Waals surface area contributed by atoms with E-state index in [-0.39, 0.29) is 17.7 Å². The number of aryl methyl sites for hydroxylation is 1. The number of rotatable bonds is 10. The maximum Gasteiger partial charge on any atom is 0.245 e. The lowest BCUT2D eigenvalue weighted by atomic mass is 9.90. The summed E-state index contributed by atoms with van der Waals surface area (Å²) >= 11 is 0. The molecule has 0 spiro atoms. The monoisotopic (exact) mass is 533 g/mol. The third-order valence-electron chi connectivity index (χ3n) is 7.39. The zero-order chi connectivity index (χ0) is 27.9. The summed E-state index contributed by atoms with van der Waals surface area (Å²) in [7, 11) is 0. The van der Waals surface area contributed by atoms with E-state index in [2.05, 4.69) is 58.7 Å². The highest BCUT2D eigenvalue weighted by Gasteiger charge is 2.28. The van der Waals surface area contributed by atoms with Crippen LogP contribution in [0.25, 0.3) is 0 Å². The van der Waals surface area contributed by atoms with Gasteiger partial charge in [-0.05, 0) is 84.6 Å². The highest BCUT2D eigenvalue weighted by molar-refractivity contribution is 5.84. The molecule has 6 nitrogen and oxygen atoms in total. The summed E-state index contributed by atoms with van der Waals surface area (Å²) in [6.07, 6.45) is 1.96. The lowest BCUT2D eigenvalue weighted by Gasteiger charge is -2.31. The summed E-state index contributed by atoms with van der Waals surface area (Å²) in [6.45, 7) is 6.77. The number of amides is 1. The summed E-state index contributed by atoms with van der Waals surface area (Å²) in [6, 6.07) is 29.0. The first-order valence-electron chi connectivity index (χ1n) is 13.7. The summed E-state index contributed by atoms with van der Waals surface area (Å²) in [5.41, 5.74) is 7.40. The van der Waals surface area contributed by atoms with Crippen molar-refractivity contribution in [2.75, 3.05) is 11.9 Å². The van der Waals surface area contributed by atoms with Crippen LogP contribution in [0.15, 0.2) is 96.0 Å². The van der Waals surface area contributed by atoms with E-state index >= 15 is 0 Å². The first-order valence-corrected chi connectivity index (χ1v) is 13.7. The molecule has 5 rings (SSSR count). The highest BCUT2D eigenvalue weighted by Crippen LogP contribution is 2.35. The Morgan fingerprint density at radius 3 is 2.50 bits per heavy atom. The number of fused-ring (bicyclic) bond motifs is 1. The van der Waals surface area contributed by atoms with Gasteiger partial charge in [0.05, 0.1) is 6.04 Å². The number of hydrogen-bond donors (Lipinski definition) is 3. The molecule has 0 aliphatic carbocycles. The molecule has 6 heteroatoms. The van der Waals surface area contributed by atoms with Gasteiger partial charge in [0.1, 0.15) is 24.1 Å². The molecule has 0 saturated heterocycles. The predicted molar refractivity (Wildman–Crippen MR) is 160 cm³/mol. The minimum atomic E-state index is -0.630. The fraction of sp³-hybridized carbons (Fsp3) is 0.235. The van der Waals surface area contributed by atoms with Crippen molar-refractivity contribution in [3.63, 3.8) is 0 Å². The second-order valence-corrected chi connectivity index (χ2v) is 10.3. The van der Waals surface area contributed by atoms with Crippen molar-refractivity contribution >= 4 is 18.3 Å². The lowest BCUT2D eigenvalue weighted by molar-refractivity contribution is -0.123. The Morgan fingerprint density at radius 1 is 1.02 bits per heavy atom. The molecular weight excluding hydrogens is 498 g/mol. The Bertz CT molecular complexity index is 1470. The van der Waals surface area contributed by atoms with Crippen molar-refractivity contribution in [3.05, 3.63) is 124 Å². The van der Waals surface area contributed by atoms with Gasteiger partial charge in [0.25, 0.3) is 0 Å². The number of nitrogens with zero attached hydrogens (tertiary/aromatic N) is 1. The number of carbonyl (C=O) groups excluding carboxylic acids is 1. The molecule has 0 fully saturated rings. The molecule has 0 saturated carbocycles. The molecule has 3 N–H and O–H groups in total. The molecule has 1 heterocycles. The number of phenols is 1. The maximum absolute atomic E-state index is 13.5. The summed E-state index contributed by atoms with van der Waals surface area (Å²) < 4.78 is 6.15. The third kappa shape index (κ3) is 6.52. The lowest BCUT2D eigenvalue weighted by Crippen LogP contribution is -2.39. The molecule has 1 amide bonds. The van der Waals surface area contributed by atoms with Crippen LogP contribution in [0.2, 0.25) is 0 Å². The van der Waals surface area contributed by atoms with Crippen LogP contribution in [0.3, 0.4) is 0 Å². The Labute approximate surface area is 235 Å². The molecule has 2 atom stereocenters. The van der Waals surface area contributed by atoms with Gasteiger partial charge in [-0.25, -0.2) is 0 Å². The first-order chi connectivity index (χ1) is 19.5. The molecule has 1 aliphatic rings. The van der Waals surface area contributed by atoms with Crippen LogP contribution >= 0.6 is 0 Å². The number of carbonyl (C=O) groups is 1. The number of aliphatic imine (C=N–C) groups is 1. The van der Waals surface area contributed by atoms with E-state index < -0.39 is 6.04 Å². The second kappa shape index (κ2) is 12.5. The minimum absolute atomic E-state index is 0.157. The molecule has 0 bridgehead atoms. The minimum Gasteiger partial charge on any atom is -0.508 e. The average Bonchev–Trinajstić information content (AvgIpc) is 2.97. The van der Waals surface area contributed by atoms with Crippen molar-refractivity contribution in [1.29, 1.82) is 0 Å². The Kier molecular flexibility index (Phi) is 8.45. The molecule has 1 aliphatic heterocycles. The number of aromatic hydroxyl groups is 1. The summed E-state index contributed by atoms with van der Waals surface area (Å²) in [4.78, 5) is 17.6. The van der Waals surface area contributed by atoms with Crippen LogP contribution < -0.4 is 15.4 Å². The van der Waals surface area contributed by atoms with E-state index in [0.717, 1.165) is 58.6 Å². The average molecular weight is 534 g/mol. The molecule has 4 aromatic carbocycles. The van der Waals surface area contributed by atoms with Crippen LogP contribution in [-0.4, -0.2) is 30.3 Å². The van der Waals surface area contributed by atoms with Gasteiger partial charge < -0.3 is 20.5 Å². The Balaban J connectivity index is 1.41. The second-order valence-electron chi connectivity index (χ2n) is 10.3. The molecule has 204 valence electrons. The summed E-state index contributed by atoms with van der Waals surface area (Å²) in [5.74, 6) is 0.865. The van der Waals surface area contributed by atoms with Gasteiger partial charge in [-0.1, -0.05) is 60.7 Å². The van der Waals surface area contributed by atoms with Crippen LogP contribution in [-0.2, 0) is 24.2 Å². The Morgan fingerprint density at radius 2 is 1.77 bits per heavy atom. The van der Waals surface area contributed by atoms with E-state index in [1.165, 1.54) is 5.56 Å². The molecule has 4 aromatic rings. The topological polar surface area (TPSA) is 83.0 Å². The van der Waals surface area contributed by atoms with Crippen LogP contribution in [0.1, 0.15) is 45.8 Å². The molecule has 0 aromatic heterocycles. The van der Waals surface area contributed by atoms with E-state index in [4.69, 9.17) is 4.74 Å². The van der Waals surface area contributed by atoms with Crippen molar-refractivity contribution in [3.8, 4) is 11.5 Å². The molecule has 2 unspecified atom stereocenters. The fourth-order valence-electron chi connectivity index (χ4n) is 5.28. The van der Waals surface area contributed by atoms with Gasteiger partial charge >= 0.3 is 0 Å². The van der Waals surface area contributed by atoms with Gasteiger partial charge in [-0.3, -0.25) is 9.79 Å². The zero-order valence-corrected chi connectivity index (χ0v) is 22.8. The third-order valence-corrected chi connectivity index (χ3v) is 7.39. The van der Waals surface area contributed by atoms with Crippen molar-refractivity contribution in [2.45, 2.75) is 44.9 Å². The van der Waals surface area contributed by atoms with Crippen LogP contribution in [0.5, 0.6) is 11.5 Å². The van der Waals surface area contributed by atoms with Gasteiger partial charge in [0.15, 0.2) is 0 Å². The van der Waals surface area contributed by atoms with Gasteiger partial charge in [0.2, 0.25) is 5.91 Å². The molecule has 0 radical (unpaired) electrons. The zero-order valence-electron chi connectivity index (χ0n) is 22.8. The van der Waals surface area contributed by atoms with E-state index in [0.29, 0.717) is 13.0 Å². The fourth-order valence-corrected chi connectivity index (χ4v) is 5.28. The summed E-state index contributed by atoms with van der Waals surface area (Å²) in [5, 5.41) is 16.6. The standard InChI is InChI=1S/C34H35N3O3/c1-23-17-28(38)14-13-26(23)21-32(35-2)34(39)37-31-15-16-36-33-27(22-40-29-11-7-4-8-12-29)19-25(20-30(31)33)18-24-9-5-3-6-10-24/h3-14,17,19-20,31-32,36,38H,2,15-16,18,21-22H2,1H3,(H,37,39). The largest absolute Gasteiger partial charge is 0.508 e. The Hall–Kier alpha value is -4.58. The first kappa shape index (κ1) is 27.0.